The van der Waals surface area contributed by atoms with E-state index in [1.165, 1.54) is 0 Å². The Bertz CT molecular complexity index is 1330. The van der Waals surface area contributed by atoms with Gasteiger partial charge in [0.25, 0.3) is 5.91 Å². The number of amides is 1. The summed E-state index contributed by atoms with van der Waals surface area (Å²) in [5.74, 6) is 0.759. The van der Waals surface area contributed by atoms with Crippen molar-refractivity contribution in [1.82, 2.24) is 29.9 Å². The van der Waals surface area contributed by atoms with Gasteiger partial charge in [0, 0.05) is 30.3 Å². The summed E-state index contributed by atoms with van der Waals surface area (Å²) in [6, 6.07) is 13.9. The van der Waals surface area contributed by atoms with Crippen LogP contribution in [0, 0.1) is 0 Å². The Kier molecular flexibility index (Phi) is 4.78. The van der Waals surface area contributed by atoms with E-state index in [2.05, 4.69) is 17.3 Å². The molecule has 1 amide bonds. The number of fused-ring (bicyclic) bond motifs is 1. The first-order valence-electron chi connectivity index (χ1n) is 12.0. The lowest BCUT2D eigenvalue weighted by Gasteiger charge is -2.16. The van der Waals surface area contributed by atoms with E-state index in [9.17, 15) is 4.79 Å². The summed E-state index contributed by atoms with van der Waals surface area (Å²) < 4.78 is 3.85. The molecule has 0 saturated heterocycles. The topological polar surface area (TPSA) is 77.6 Å². The molecule has 4 aromatic rings. The molecular weight excluding hydrogens is 412 g/mol. The maximum absolute atomic E-state index is 13.7. The Balaban J connectivity index is 1.48. The quantitative estimate of drug-likeness (QED) is 0.444. The van der Waals surface area contributed by atoms with Crippen LogP contribution in [0.1, 0.15) is 84.8 Å². The SMILES string of the molecule is CCn1nccc1C(C)NC(=O)c1cc(C2CC2)nc2c1c(C1CC1)nn2-c1ccccc1. The molecule has 2 aliphatic rings. The van der Waals surface area contributed by atoms with E-state index in [0.29, 0.717) is 17.4 Å². The van der Waals surface area contributed by atoms with Gasteiger partial charge in [0.05, 0.1) is 34.1 Å². The third-order valence-corrected chi connectivity index (χ3v) is 6.73. The fourth-order valence-electron chi connectivity index (χ4n) is 4.64. The molecule has 0 bridgehead atoms. The van der Waals surface area contributed by atoms with E-state index in [4.69, 9.17) is 10.1 Å². The molecule has 7 heteroatoms. The van der Waals surface area contributed by atoms with Crippen LogP contribution in [0.2, 0.25) is 0 Å². The summed E-state index contributed by atoms with van der Waals surface area (Å²) in [5.41, 5.74) is 5.46. The van der Waals surface area contributed by atoms with Gasteiger partial charge in [-0.2, -0.15) is 10.2 Å². The molecular formula is C26H28N6O. The van der Waals surface area contributed by atoms with Crippen molar-refractivity contribution in [3.63, 3.8) is 0 Å². The molecule has 168 valence electrons. The second kappa shape index (κ2) is 7.83. The third kappa shape index (κ3) is 3.61. The van der Waals surface area contributed by atoms with Crippen LogP contribution in [0.25, 0.3) is 16.7 Å². The number of pyridine rings is 1. The second-order valence-corrected chi connectivity index (χ2v) is 9.24. The zero-order chi connectivity index (χ0) is 22.5. The lowest BCUT2D eigenvalue weighted by Crippen LogP contribution is -2.28. The van der Waals surface area contributed by atoms with Gasteiger partial charge in [0.2, 0.25) is 0 Å². The van der Waals surface area contributed by atoms with Crippen LogP contribution < -0.4 is 5.32 Å². The second-order valence-electron chi connectivity index (χ2n) is 9.24. The van der Waals surface area contributed by atoms with Gasteiger partial charge in [-0.25, -0.2) is 9.67 Å². The van der Waals surface area contributed by atoms with Gasteiger partial charge in [0.15, 0.2) is 5.65 Å². The normalized spacial score (nSPS) is 16.8. The predicted molar refractivity (Wildman–Crippen MR) is 127 cm³/mol. The molecule has 7 nitrogen and oxygen atoms in total. The summed E-state index contributed by atoms with van der Waals surface area (Å²) in [7, 11) is 0. The standard InChI is InChI=1S/C26H28N6O/c1-3-31-22(13-14-27-31)16(2)28-26(33)20-15-21(17-9-10-17)29-25-23(20)24(18-11-12-18)30-32(25)19-7-5-4-6-8-19/h4-8,13-18H,3,9-12H2,1-2H3,(H,28,33). The highest BCUT2D eigenvalue weighted by molar-refractivity contribution is 6.07. The minimum Gasteiger partial charge on any atom is -0.344 e. The molecule has 1 atom stereocenters. The van der Waals surface area contributed by atoms with Crippen LogP contribution in [0.15, 0.2) is 48.7 Å². The number of benzene rings is 1. The Labute approximate surface area is 192 Å². The number of nitrogens with one attached hydrogen (secondary N) is 1. The first kappa shape index (κ1) is 20.1. The molecule has 33 heavy (non-hydrogen) atoms. The van der Waals surface area contributed by atoms with Crippen molar-refractivity contribution >= 4 is 16.9 Å². The molecule has 0 aliphatic heterocycles. The lowest BCUT2D eigenvalue weighted by molar-refractivity contribution is 0.0939. The zero-order valence-corrected chi connectivity index (χ0v) is 19.0. The number of hydrogen-bond donors (Lipinski definition) is 1. The van der Waals surface area contributed by atoms with Crippen LogP contribution >= 0.6 is 0 Å². The number of carbonyl (C=O) groups excluding carboxylic acids is 1. The van der Waals surface area contributed by atoms with E-state index >= 15 is 0 Å². The number of hydrogen-bond acceptors (Lipinski definition) is 4. The van der Waals surface area contributed by atoms with Gasteiger partial charge in [-0.3, -0.25) is 9.48 Å². The average Bonchev–Trinajstić information content (AvgIpc) is 3.78. The van der Waals surface area contributed by atoms with Gasteiger partial charge in [-0.1, -0.05) is 18.2 Å². The molecule has 2 saturated carbocycles. The Morgan fingerprint density at radius 3 is 2.58 bits per heavy atom. The van der Waals surface area contributed by atoms with Gasteiger partial charge >= 0.3 is 0 Å². The van der Waals surface area contributed by atoms with Crippen LogP contribution in [0.4, 0.5) is 0 Å². The van der Waals surface area contributed by atoms with Crippen molar-refractivity contribution in [2.24, 2.45) is 0 Å². The van der Waals surface area contributed by atoms with Gasteiger partial charge in [0.1, 0.15) is 0 Å². The van der Waals surface area contributed by atoms with Crippen molar-refractivity contribution in [3.05, 3.63) is 71.3 Å². The van der Waals surface area contributed by atoms with Crippen LogP contribution in [0.3, 0.4) is 0 Å². The Morgan fingerprint density at radius 1 is 1.12 bits per heavy atom. The smallest absolute Gasteiger partial charge is 0.252 e. The maximum Gasteiger partial charge on any atom is 0.252 e. The van der Waals surface area contributed by atoms with Crippen molar-refractivity contribution < 1.29 is 4.79 Å². The van der Waals surface area contributed by atoms with Crippen molar-refractivity contribution in [2.75, 3.05) is 0 Å². The van der Waals surface area contributed by atoms with Crippen LogP contribution in [0.5, 0.6) is 0 Å². The molecule has 1 N–H and O–H groups in total. The molecule has 0 radical (unpaired) electrons. The molecule has 6 rings (SSSR count). The minimum atomic E-state index is -0.152. The highest BCUT2D eigenvalue weighted by atomic mass is 16.1. The molecule has 3 heterocycles. The van der Waals surface area contributed by atoms with Crippen molar-refractivity contribution in [3.8, 4) is 5.69 Å². The Hall–Kier alpha value is -3.48. The van der Waals surface area contributed by atoms with Gasteiger partial charge in [-0.15, -0.1) is 0 Å². The summed E-state index contributed by atoms with van der Waals surface area (Å²) in [4.78, 5) is 18.7. The van der Waals surface area contributed by atoms with Crippen LogP contribution in [-0.4, -0.2) is 30.5 Å². The van der Waals surface area contributed by atoms with E-state index in [0.717, 1.165) is 66.0 Å². The fraction of sp³-hybridized carbons (Fsp3) is 0.385. The van der Waals surface area contributed by atoms with E-state index < -0.39 is 0 Å². The monoisotopic (exact) mass is 440 g/mol. The molecule has 0 spiro atoms. The molecule has 2 aliphatic carbocycles. The zero-order valence-electron chi connectivity index (χ0n) is 19.0. The van der Waals surface area contributed by atoms with E-state index in [1.54, 1.807) is 6.20 Å². The summed E-state index contributed by atoms with van der Waals surface area (Å²) >= 11 is 0. The first-order chi connectivity index (χ1) is 16.1. The first-order valence-corrected chi connectivity index (χ1v) is 12.0. The fourth-order valence-corrected chi connectivity index (χ4v) is 4.64. The van der Waals surface area contributed by atoms with Crippen LogP contribution in [-0.2, 0) is 6.54 Å². The number of rotatable bonds is 7. The highest BCUT2D eigenvalue weighted by Gasteiger charge is 2.34. The summed E-state index contributed by atoms with van der Waals surface area (Å²) in [6.45, 7) is 4.83. The summed E-state index contributed by atoms with van der Waals surface area (Å²) in [6.07, 6.45) is 6.25. The number of nitrogens with zero attached hydrogens (tertiary/aromatic N) is 5. The highest BCUT2D eigenvalue weighted by Crippen LogP contribution is 2.45. The van der Waals surface area contributed by atoms with Gasteiger partial charge < -0.3 is 5.32 Å². The maximum atomic E-state index is 13.7. The number of aromatic nitrogens is 5. The molecule has 3 aromatic heterocycles. The van der Waals surface area contributed by atoms with Crippen molar-refractivity contribution in [1.29, 1.82) is 0 Å². The summed E-state index contributed by atoms with van der Waals surface area (Å²) in [5, 5.41) is 13.5. The molecule has 1 aromatic carbocycles. The van der Waals surface area contributed by atoms with E-state index in [-0.39, 0.29) is 11.9 Å². The third-order valence-electron chi connectivity index (χ3n) is 6.73. The Morgan fingerprint density at radius 2 is 1.88 bits per heavy atom. The van der Waals surface area contributed by atoms with Gasteiger partial charge in [-0.05, 0) is 63.8 Å². The largest absolute Gasteiger partial charge is 0.344 e. The number of carbonyl (C=O) groups is 1. The predicted octanol–water partition coefficient (Wildman–Crippen LogP) is 4.88. The minimum absolute atomic E-state index is 0.0739. The number of para-hydroxylation sites is 1. The molecule has 2 fully saturated rings. The molecule has 1 unspecified atom stereocenters. The number of aryl methyl sites for hydroxylation is 1. The van der Waals surface area contributed by atoms with Crippen molar-refractivity contribution in [2.45, 2.75) is 64.0 Å². The average molecular weight is 441 g/mol. The van der Waals surface area contributed by atoms with E-state index in [1.807, 2.05) is 58.8 Å². The lowest BCUT2D eigenvalue weighted by atomic mass is 10.0.